The first-order chi connectivity index (χ1) is 13.0. The average molecular weight is 433 g/mol. The van der Waals surface area contributed by atoms with Crippen LogP contribution in [0.2, 0.25) is 0 Å². The molecule has 0 radical (unpaired) electrons. The SMILES string of the molecule is COC(=O)C(C(=O)OC)C(/C=C/c1ccc(Br)cc1)c1ccc(OC)cc1. The van der Waals surface area contributed by atoms with Gasteiger partial charge < -0.3 is 14.2 Å². The maximum absolute atomic E-state index is 12.3. The lowest BCUT2D eigenvalue weighted by Crippen LogP contribution is -2.31. The van der Waals surface area contributed by atoms with Crippen molar-refractivity contribution < 1.29 is 23.8 Å². The molecule has 6 heteroatoms. The molecule has 1 atom stereocenters. The summed E-state index contributed by atoms with van der Waals surface area (Å²) in [5.74, 6) is -2.28. The van der Waals surface area contributed by atoms with Gasteiger partial charge in [-0.15, -0.1) is 0 Å². The molecule has 1 unspecified atom stereocenters. The van der Waals surface area contributed by atoms with Crippen LogP contribution in [0, 0.1) is 5.92 Å². The Bertz CT molecular complexity index is 780. The second-order valence-corrected chi connectivity index (χ2v) is 6.65. The van der Waals surface area contributed by atoms with Gasteiger partial charge in [-0.1, -0.05) is 52.3 Å². The van der Waals surface area contributed by atoms with E-state index in [-0.39, 0.29) is 0 Å². The lowest BCUT2D eigenvalue weighted by molar-refractivity contribution is -0.159. The molecule has 2 rings (SSSR count). The maximum Gasteiger partial charge on any atom is 0.321 e. The molecular formula is C21H21BrO5. The van der Waals surface area contributed by atoms with Crippen LogP contribution in [-0.4, -0.2) is 33.3 Å². The van der Waals surface area contributed by atoms with E-state index in [1.54, 1.807) is 19.2 Å². The van der Waals surface area contributed by atoms with Gasteiger partial charge in [0.2, 0.25) is 0 Å². The molecule has 2 aromatic carbocycles. The van der Waals surface area contributed by atoms with Gasteiger partial charge in [0.05, 0.1) is 21.3 Å². The van der Waals surface area contributed by atoms with Crippen molar-refractivity contribution >= 4 is 33.9 Å². The smallest absolute Gasteiger partial charge is 0.321 e. The zero-order valence-electron chi connectivity index (χ0n) is 15.3. The third-order valence-electron chi connectivity index (χ3n) is 4.14. The number of rotatable bonds is 7. The minimum atomic E-state index is -1.11. The van der Waals surface area contributed by atoms with E-state index in [0.29, 0.717) is 5.75 Å². The molecule has 0 heterocycles. The van der Waals surface area contributed by atoms with Crippen LogP contribution in [-0.2, 0) is 19.1 Å². The number of benzene rings is 2. The summed E-state index contributed by atoms with van der Waals surface area (Å²) in [4.78, 5) is 24.6. The van der Waals surface area contributed by atoms with Crippen LogP contribution in [0.15, 0.2) is 59.1 Å². The molecule has 0 saturated heterocycles. The number of allylic oxidation sites excluding steroid dienone is 1. The highest BCUT2D eigenvalue weighted by molar-refractivity contribution is 9.10. The quantitative estimate of drug-likeness (QED) is 0.484. The van der Waals surface area contributed by atoms with Crippen molar-refractivity contribution in [1.82, 2.24) is 0 Å². The van der Waals surface area contributed by atoms with Gasteiger partial charge in [0.15, 0.2) is 5.92 Å². The Balaban J connectivity index is 2.46. The van der Waals surface area contributed by atoms with Gasteiger partial charge in [-0.2, -0.15) is 0 Å². The van der Waals surface area contributed by atoms with Crippen LogP contribution in [0.4, 0.5) is 0 Å². The van der Waals surface area contributed by atoms with Crippen molar-refractivity contribution in [3.05, 3.63) is 70.2 Å². The fourth-order valence-corrected chi connectivity index (χ4v) is 2.94. The zero-order valence-corrected chi connectivity index (χ0v) is 16.9. The third-order valence-corrected chi connectivity index (χ3v) is 4.66. The molecule has 0 aliphatic carbocycles. The molecule has 2 aromatic rings. The van der Waals surface area contributed by atoms with Crippen molar-refractivity contribution in [1.29, 1.82) is 0 Å². The highest BCUT2D eigenvalue weighted by Crippen LogP contribution is 2.31. The Hall–Kier alpha value is -2.60. The summed E-state index contributed by atoms with van der Waals surface area (Å²) in [7, 11) is 4.08. The van der Waals surface area contributed by atoms with Crippen LogP contribution in [0.25, 0.3) is 6.08 Å². The van der Waals surface area contributed by atoms with Crippen molar-refractivity contribution in [2.24, 2.45) is 5.92 Å². The molecule has 0 amide bonds. The number of ether oxygens (including phenoxy) is 3. The molecule has 0 aliphatic rings. The van der Waals surface area contributed by atoms with Crippen molar-refractivity contribution in [2.45, 2.75) is 5.92 Å². The van der Waals surface area contributed by atoms with E-state index in [9.17, 15) is 9.59 Å². The van der Waals surface area contributed by atoms with Gasteiger partial charge >= 0.3 is 11.9 Å². The fraction of sp³-hybridized carbons (Fsp3) is 0.238. The molecule has 0 fully saturated rings. The Morgan fingerprint density at radius 2 is 1.44 bits per heavy atom. The van der Waals surface area contributed by atoms with Crippen LogP contribution in [0.3, 0.4) is 0 Å². The van der Waals surface area contributed by atoms with E-state index in [2.05, 4.69) is 15.9 Å². The monoisotopic (exact) mass is 432 g/mol. The molecule has 0 bridgehead atoms. The summed E-state index contributed by atoms with van der Waals surface area (Å²) >= 11 is 3.40. The summed E-state index contributed by atoms with van der Waals surface area (Å²) < 4.78 is 15.8. The van der Waals surface area contributed by atoms with Gasteiger partial charge in [-0.25, -0.2) is 0 Å². The first-order valence-electron chi connectivity index (χ1n) is 8.23. The molecule has 142 valence electrons. The van der Waals surface area contributed by atoms with E-state index in [1.165, 1.54) is 14.2 Å². The second kappa shape index (κ2) is 9.92. The zero-order chi connectivity index (χ0) is 19.8. The van der Waals surface area contributed by atoms with E-state index in [1.807, 2.05) is 48.6 Å². The summed E-state index contributed by atoms with van der Waals surface area (Å²) in [5, 5.41) is 0. The molecule has 27 heavy (non-hydrogen) atoms. The topological polar surface area (TPSA) is 61.8 Å². The Morgan fingerprint density at radius 1 is 0.889 bits per heavy atom. The van der Waals surface area contributed by atoms with Gasteiger partial charge in [-0.3, -0.25) is 9.59 Å². The van der Waals surface area contributed by atoms with Crippen LogP contribution in [0.1, 0.15) is 17.0 Å². The highest BCUT2D eigenvalue weighted by atomic mass is 79.9. The van der Waals surface area contributed by atoms with Crippen LogP contribution >= 0.6 is 15.9 Å². The number of hydrogen-bond acceptors (Lipinski definition) is 5. The first kappa shape index (κ1) is 20.7. The predicted molar refractivity (Wildman–Crippen MR) is 106 cm³/mol. The first-order valence-corrected chi connectivity index (χ1v) is 9.02. The molecule has 0 spiro atoms. The van der Waals surface area contributed by atoms with Crippen LogP contribution < -0.4 is 4.74 Å². The van der Waals surface area contributed by atoms with E-state index in [0.717, 1.165) is 15.6 Å². The molecule has 0 aromatic heterocycles. The number of methoxy groups -OCH3 is 3. The van der Waals surface area contributed by atoms with E-state index in [4.69, 9.17) is 14.2 Å². The van der Waals surface area contributed by atoms with E-state index >= 15 is 0 Å². The summed E-state index contributed by atoms with van der Waals surface area (Å²) in [6, 6.07) is 14.9. The summed E-state index contributed by atoms with van der Waals surface area (Å²) in [5.41, 5.74) is 1.70. The van der Waals surface area contributed by atoms with Crippen molar-refractivity contribution in [3.63, 3.8) is 0 Å². The Morgan fingerprint density at radius 3 is 1.93 bits per heavy atom. The maximum atomic E-state index is 12.3. The van der Waals surface area contributed by atoms with Gasteiger partial charge in [0.1, 0.15) is 5.75 Å². The number of carbonyl (C=O) groups is 2. The van der Waals surface area contributed by atoms with E-state index < -0.39 is 23.8 Å². The Labute approximate surface area is 167 Å². The molecule has 0 saturated carbocycles. The van der Waals surface area contributed by atoms with Gasteiger partial charge in [0.25, 0.3) is 0 Å². The number of carbonyl (C=O) groups excluding carboxylic acids is 2. The number of halogens is 1. The number of esters is 2. The number of hydrogen-bond donors (Lipinski definition) is 0. The standard InChI is InChI=1S/C21H21BrO5/c1-25-17-11-7-15(8-12-17)18(19(20(23)26-2)21(24)27-3)13-6-14-4-9-16(22)10-5-14/h4-13,18-19H,1-3H3/b13-6+. The Kier molecular flexibility index (Phi) is 7.61. The van der Waals surface area contributed by atoms with Crippen LogP contribution in [0.5, 0.6) is 5.75 Å². The molecule has 0 N–H and O–H groups in total. The minimum Gasteiger partial charge on any atom is -0.497 e. The lowest BCUT2D eigenvalue weighted by Gasteiger charge is -2.21. The van der Waals surface area contributed by atoms with Crippen molar-refractivity contribution in [3.8, 4) is 5.75 Å². The molecule has 5 nitrogen and oxygen atoms in total. The summed E-state index contributed by atoms with van der Waals surface area (Å²) in [6.07, 6.45) is 3.67. The summed E-state index contributed by atoms with van der Waals surface area (Å²) in [6.45, 7) is 0. The highest BCUT2D eigenvalue weighted by Gasteiger charge is 2.36. The molecule has 0 aliphatic heterocycles. The third kappa shape index (κ3) is 5.44. The van der Waals surface area contributed by atoms with Gasteiger partial charge in [-0.05, 0) is 35.4 Å². The van der Waals surface area contributed by atoms with Crippen molar-refractivity contribution in [2.75, 3.05) is 21.3 Å². The largest absolute Gasteiger partial charge is 0.497 e. The average Bonchev–Trinajstić information content (AvgIpc) is 2.71. The van der Waals surface area contributed by atoms with Gasteiger partial charge in [0, 0.05) is 10.4 Å². The fourth-order valence-electron chi connectivity index (χ4n) is 2.67. The molecular weight excluding hydrogens is 412 g/mol. The predicted octanol–water partition coefficient (Wildman–Crippen LogP) is 4.22. The normalized spacial score (nSPS) is 12.0. The second-order valence-electron chi connectivity index (χ2n) is 5.73. The lowest BCUT2D eigenvalue weighted by atomic mass is 9.85. The minimum absolute atomic E-state index is 0.556.